The molecule has 1 unspecified atom stereocenters. The number of oxazole rings is 1. The first-order chi connectivity index (χ1) is 9.48. The van der Waals surface area contributed by atoms with Crippen LogP contribution < -0.4 is 5.73 Å². The van der Waals surface area contributed by atoms with E-state index in [1.54, 1.807) is 18.9 Å². The van der Waals surface area contributed by atoms with Crippen LogP contribution in [0.4, 0.5) is 0 Å². The Morgan fingerprint density at radius 3 is 2.90 bits per heavy atom. The summed E-state index contributed by atoms with van der Waals surface area (Å²) in [6.07, 6.45) is 2.91. The third-order valence-electron chi connectivity index (χ3n) is 3.60. The molecule has 110 valence electrons. The smallest absolute Gasteiger partial charge is 0.276 e. The third-order valence-corrected chi connectivity index (χ3v) is 3.60. The molecule has 1 fully saturated rings. The predicted molar refractivity (Wildman–Crippen MR) is 69.9 cm³/mol. The van der Waals surface area contributed by atoms with E-state index in [2.05, 4.69) is 4.98 Å². The van der Waals surface area contributed by atoms with Crippen molar-refractivity contribution < 1.29 is 18.7 Å². The van der Waals surface area contributed by atoms with Gasteiger partial charge in [-0.1, -0.05) is 0 Å². The summed E-state index contributed by atoms with van der Waals surface area (Å²) in [6.45, 7) is 2.51. The molecule has 0 bridgehead atoms. The molecule has 0 saturated carbocycles. The largest absolute Gasteiger partial charge is 0.448 e. The van der Waals surface area contributed by atoms with Crippen molar-refractivity contribution in [3.63, 3.8) is 0 Å². The van der Waals surface area contributed by atoms with Gasteiger partial charge in [0.05, 0.1) is 18.6 Å². The molecule has 0 aromatic carbocycles. The average molecular weight is 281 g/mol. The van der Waals surface area contributed by atoms with Gasteiger partial charge in [0, 0.05) is 20.6 Å². The Bertz CT molecular complexity index is 513. The van der Waals surface area contributed by atoms with E-state index in [1.807, 2.05) is 0 Å². The summed E-state index contributed by atoms with van der Waals surface area (Å²) in [4.78, 5) is 29.5. The van der Waals surface area contributed by atoms with Crippen molar-refractivity contribution >= 4 is 11.8 Å². The number of likely N-dealkylation sites (tertiary alicyclic amines) is 1. The number of aromatic nitrogens is 1. The first kappa shape index (κ1) is 14.5. The fraction of sp³-hybridized carbons (Fsp3) is 0.615. The summed E-state index contributed by atoms with van der Waals surface area (Å²) in [6, 6.07) is 0. The lowest BCUT2D eigenvalue weighted by molar-refractivity contribution is -0.121. The first-order valence-electron chi connectivity index (χ1n) is 6.50. The second kappa shape index (κ2) is 5.62. The number of nitrogens with zero attached hydrogens (tertiary/aromatic N) is 2. The molecular formula is C13H19N3O4. The minimum Gasteiger partial charge on any atom is -0.448 e. The van der Waals surface area contributed by atoms with Crippen molar-refractivity contribution in [3.05, 3.63) is 17.8 Å². The molecule has 2 heterocycles. The van der Waals surface area contributed by atoms with Crippen molar-refractivity contribution in [2.45, 2.75) is 31.7 Å². The van der Waals surface area contributed by atoms with E-state index in [4.69, 9.17) is 14.9 Å². The maximum atomic E-state index is 12.5. The number of ether oxygens (including phenoxy) is 1. The van der Waals surface area contributed by atoms with E-state index in [-0.39, 0.29) is 24.6 Å². The van der Waals surface area contributed by atoms with E-state index in [0.717, 1.165) is 6.42 Å². The van der Waals surface area contributed by atoms with Crippen molar-refractivity contribution in [2.24, 2.45) is 5.73 Å². The molecule has 7 heteroatoms. The molecule has 2 amide bonds. The van der Waals surface area contributed by atoms with Crippen LogP contribution in [0, 0.1) is 6.92 Å². The second-order valence-corrected chi connectivity index (χ2v) is 5.11. The van der Waals surface area contributed by atoms with E-state index in [9.17, 15) is 9.59 Å². The van der Waals surface area contributed by atoms with Crippen molar-refractivity contribution in [3.8, 4) is 0 Å². The second-order valence-electron chi connectivity index (χ2n) is 5.11. The van der Waals surface area contributed by atoms with Crippen LogP contribution in [-0.4, -0.2) is 47.5 Å². The van der Waals surface area contributed by atoms with Gasteiger partial charge in [0.15, 0.2) is 11.6 Å². The number of primary amides is 1. The van der Waals surface area contributed by atoms with Gasteiger partial charge < -0.3 is 19.8 Å². The van der Waals surface area contributed by atoms with Crippen LogP contribution in [0.5, 0.6) is 0 Å². The van der Waals surface area contributed by atoms with Gasteiger partial charge in [-0.25, -0.2) is 4.98 Å². The third kappa shape index (κ3) is 2.67. The van der Waals surface area contributed by atoms with Gasteiger partial charge in [-0.05, 0) is 12.8 Å². The zero-order valence-corrected chi connectivity index (χ0v) is 11.7. The normalized spacial score (nSPS) is 22.2. The SMILES string of the molecule is COCC1(CC(N)=O)CCCN1C(=O)c1coc(C)n1. The number of methoxy groups -OCH3 is 1. The zero-order chi connectivity index (χ0) is 14.8. The van der Waals surface area contributed by atoms with Crippen LogP contribution in [0.3, 0.4) is 0 Å². The number of amides is 2. The highest BCUT2D eigenvalue weighted by Gasteiger charge is 2.45. The molecule has 1 aliphatic heterocycles. The molecule has 0 radical (unpaired) electrons. The van der Waals surface area contributed by atoms with Gasteiger partial charge in [0.2, 0.25) is 5.91 Å². The molecule has 1 atom stereocenters. The number of carbonyl (C=O) groups is 2. The maximum Gasteiger partial charge on any atom is 0.276 e. The number of nitrogens with two attached hydrogens (primary N) is 1. The zero-order valence-electron chi connectivity index (χ0n) is 11.7. The number of hydrogen-bond donors (Lipinski definition) is 1. The molecule has 1 saturated heterocycles. The van der Waals surface area contributed by atoms with Crippen molar-refractivity contribution in [1.29, 1.82) is 0 Å². The average Bonchev–Trinajstić information content (AvgIpc) is 2.95. The number of rotatable bonds is 5. The van der Waals surface area contributed by atoms with Gasteiger partial charge >= 0.3 is 0 Å². The highest BCUT2D eigenvalue weighted by molar-refractivity contribution is 5.93. The molecule has 2 N–H and O–H groups in total. The molecule has 1 aromatic heterocycles. The van der Waals surface area contributed by atoms with Crippen LogP contribution in [0.15, 0.2) is 10.7 Å². The molecule has 20 heavy (non-hydrogen) atoms. The highest BCUT2D eigenvalue weighted by Crippen LogP contribution is 2.34. The Morgan fingerprint density at radius 1 is 1.60 bits per heavy atom. The Morgan fingerprint density at radius 2 is 2.35 bits per heavy atom. The molecule has 7 nitrogen and oxygen atoms in total. The number of aryl methyl sites for hydroxylation is 1. The van der Waals surface area contributed by atoms with Crippen molar-refractivity contribution in [1.82, 2.24) is 9.88 Å². The van der Waals surface area contributed by atoms with E-state index in [1.165, 1.54) is 6.26 Å². The Hall–Kier alpha value is -1.89. The van der Waals surface area contributed by atoms with E-state index < -0.39 is 11.4 Å². The molecule has 1 aromatic rings. The number of hydrogen-bond acceptors (Lipinski definition) is 5. The number of carbonyl (C=O) groups excluding carboxylic acids is 2. The minimum absolute atomic E-state index is 0.0867. The quantitative estimate of drug-likeness (QED) is 0.846. The van der Waals surface area contributed by atoms with Crippen LogP contribution in [0.1, 0.15) is 35.6 Å². The Kier molecular flexibility index (Phi) is 4.08. The van der Waals surface area contributed by atoms with E-state index in [0.29, 0.717) is 18.9 Å². The summed E-state index contributed by atoms with van der Waals surface area (Å²) in [5.74, 6) is -0.268. The molecule has 0 spiro atoms. The maximum absolute atomic E-state index is 12.5. The minimum atomic E-state index is -0.676. The monoisotopic (exact) mass is 281 g/mol. The first-order valence-corrected chi connectivity index (χ1v) is 6.50. The summed E-state index contributed by atoms with van der Waals surface area (Å²) in [7, 11) is 1.55. The van der Waals surface area contributed by atoms with Crippen molar-refractivity contribution in [2.75, 3.05) is 20.3 Å². The van der Waals surface area contributed by atoms with Crippen LogP contribution in [-0.2, 0) is 9.53 Å². The lowest BCUT2D eigenvalue weighted by Gasteiger charge is -2.36. The summed E-state index contributed by atoms with van der Waals surface area (Å²) in [5.41, 5.74) is 4.90. The lowest BCUT2D eigenvalue weighted by Crippen LogP contribution is -2.52. The standard InChI is InChI=1S/C13H19N3O4/c1-9-15-10(7-20-9)12(18)16-5-3-4-13(16,8-19-2)6-11(14)17/h7H,3-6,8H2,1-2H3,(H2,14,17). The predicted octanol–water partition coefficient (Wildman–Crippen LogP) is 0.480. The molecule has 0 aliphatic carbocycles. The Labute approximate surface area is 117 Å². The van der Waals surface area contributed by atoms with Gasteiger partial charge in [-0.3, -0.25) is 9.59 Å². The fourth-order valence-corrected chi connectivity index (χ4v) is 2.83. The fourth-order valence-electron chi connectivity index (χ4n) is 2.83. The van der Waals surface area contributed by atoms with Gasteiger partial charge in [-0.15, -0.1) is 0 Å². The van der Waals surface area contributed by atoms with Gasteiger partial charge in [0.25, 0.3) is 5.91 Å². The molecular weight excluding hydrogens is 262 g/mol. The highest BCUT2D eigenvalue weighted by atomic mass is 16.5. The summed E-state index contributed by atoms with van der Waals surface area (Å²) >= 11 is 0. The van der Waals surface area contributed by atoms with Crippen LogP contribution in [0.25, 0.3) is 0 Å². The molecule has 2 rings (SSSR count). The summed E-state index contributed by atoms with van der Waals surface area (Å²) < 4.78 is 10.3. The van der Waals surface area contributed by atoms with Gasteiger partial charge in [-0.2, -0.15) is 0 Å². The Balaban J connectivity index is 2.27. The molecule has 1 aliphatic rings. The van der Waals surface area contributed by atoms with Crippen LogP contribution in [0.2, 0.25) is 0 Å². The van der Waals surface area contributed by atoms with Crippen LogP contribution >= 0.6 is 0 Å². The van der Waals surface area contributed by atoms with Gasteiger partial charge in [0.1, 0.15) is 6.26 Å². The topological polar surface area (TPSA) is 98.7 Å². The summed E-state index contributed by atoms with van der Waals surface area (Å²) in [5, 5.41) is 0. The van der Waals surface area contributed by atoms with E-state index >= 15 is 0 Å². The lowest BCUT2D eigenvalue weighted by atomic mass is 9.92.